The molecule has 0 N–H and O–H groups in total. The molecule has 0 spiro atoms. The maximum Gasteiger partial charge on any atom is 0.273 e. The summed E-state index contributed by atoms with van der Waals surface area (Å²) in [6.07, 6.45) is 0. The van der Waals surface area contributed by atoms with Crippen LogP contribution in [0.2, 0.25) is 0 Å². The summed E-state index contributed by atoms with van der Waals surface area (Å²) >= 11 is 0. The average molecular weight is 291 g/mol. The van der Waals surface area contributed by atoms with Crippen molar-refractivity contribution in [2.24, 2.45) is 5.92 Å². The van der Waals surface area contributed by atoms with Crippen LogP contribution in [0.15, 0.2) is 24.3 Å². The molecule has 0 aliphatic heterocycles. The number of ether oxygens (including phenoxy) is 1. The number of benzene rings is 1. The lowest BCUT2D eigenvalue weighted by Crippen LogP contribution is -2.37. The van der Waals surface area contributed by atoms with Gasteiger partial charge >= 0.3 is 0 Å². The Hall–Kier alpha value is -2.62. The Morgan fingerprint density at radius 3 is 2.86 bits per heavy atom. The van der Waals surface area contributed by atoms with E-state index in [-0.39, 0.29) is 29.9 Å². The molecular weight excluding hydrogens is 274 g/mol. The largest absolute Gasteiger partial charge is 0.484 e. The number of likely N-dealkylation sites (N-methyl/N-ethyl adjacent to an activating group) is 1. The smallest absolute Gasteiger partial charge is 0.273 e. The van der Waals surface area contributed by atoms with Gasteiger partial charge in [0.2, 0.25) is 0 Å². The second-order valence-electron chi connectivity index (χ2n) is 4.51. The fourth-order valence-corrected chi connectivity index (χ4v) is 1.70. The SMILES string of the molecule is CCN(CC(C)C#N)C(=O)COc1cccc([N+](=O)[O-])c1. The van der Waals surface area contributed by atoms with Gasteiger partial charge in [0, 0.05) is 19.2 Å². The molecule has 7 heteroatoms. The molecule has 1 rings (SSSR count). The second kappa shape index (κ2) is 7.85. The number of non-ortho nitro benzene ring substituents is 1. The molecule has 0 aromatic heterocycles. The van der Waals surface area contributed by atoms with Crippen LogP contribution in [-0.4, -0.2) is 35.4 Å². The molecule has 0 bridgehead atoms. The van der Waals surface area contributed by atoms with E-state index in [1.54, 1.807) is 13.0 Å². The number of nitriles is 1. The van der Waals surface area contributed by atoms with Gasteiger partial charge < -0.3 is 9.64 Å². The van der Waals surface area contributed by atoms with Crippen LogP contribution in [0, 0.1) is 27.4 Å². The van der Waals surface area contributed by atoms with E-state index in [2.05, 4.69) is 6.07 Å². The Morgan fingerprint density at radius 2 is 2.29 bits per heavy atom. The van der Waals surface area contributed by atoms with Crippen molar-refractivity contribution in [3.05, 3.63) is 34.4 Å². The van der Waals surface area contributed by atoms with Crippen molar-refractivity contribution in [3.8, 4) is 11.8 Å². The summed E-state index contributed by atoms with van der Waals surface area (Å²) in [4.78, 5) is 23.6. The van der Waals surface area contributed by atoms with E-state index in [1.807, 2.05) is 6.92 Å². The van der Waals surface area contributed by atoms with Crippen molar-refractivity contribution in [1.82, 2.24) is 4.90 Å². The van der Waals surface area contributed by atoms with E-state index in [9.17, 15) is 14.9 Å². The fraction of sp³-hybridized carbons (Fsp3) is 0.429. The topological polar surface area (TPSA) is 96.5 Å². The number of amides is 1. The number of nitro benzene ring substituents is 1. The molecule has 1 atom stereocenters. The van der Waals surface area contributed by atoms with Gasteiger partial charge in [0.15, 0.2) is 6.61 Å². The molecule has 1 aromatic rings. The molecule has 1 amide bonds. The molecule has 0 saturated carbocycles. The first-order valence-corrected chi connectivity index (χ1v) is 6.52. The predicted octanol–water partition coefficient (Wildman–Crippen LogP) is 1.98. The minimum Gasteiger partial charge on any atom is -0.484 e. The third kappa shape index (κ3) is 5.10. The van der Waals surface area contributed by atoms with Crippen LogP contribution in [0.3, 0.4) is 0 Å². The summed E-state index contributed by atoms with van der Waals surface area (Å²) in [5, 5.41) is 19.4. The molecule has 0 aliphatic carbocycles. The van der Waals surface area contributed by atoms with Gasteiger partial charge in [-0.1, -0.05) is 6.07 Å². The molecule has 7 nitrogen and oxygen atoms in total. The molecule has 0 saturated heterocycles. The summed E-state index contributed by atoms with van der Waals surface area (Å²) < 4.78 is 5.28. The van der Waals surface area contributed by atoms with Gasteiger partial charge in [-0.05, 0) is 19.9 Å². The Labute approximate surface area is 122 Å². The highest BCUT2D eigenvalue weighted by Gasteiger charge is 2.16. The average Bonchev–Trinajstić information content (AvgIpc) is 2.50. The Balaban J connectivity index is 2.61. The van der Waals surface area contributed by atoms with Crippen LogP contribution in [0.25, 0.3) is 0 Å². The minimum absolute atomic E-state index is 0.0922. The van der Waals surface area contributed by atoms with Gasteiger partial charge in [0.25, 0.3) is 11.6 Å². The third-order valence-corrected chi connectivity index (χ3v) is 2.84. The van der Waals surface area contributed by atoms with Crippen LogP contribution in [0.4, 0.5) is 5.69 Å². The van der Waals surface area contributed by atoms with E-state index < -0.39 is 4.92 Å². The number of hydrogen-bond acceptors (Lipinski definition) is 5. The minimum atomic E-state index is -0.526. The van der Waals surface area contributed by atoms with Crippen molar-refractivity contribution in [1.29, 1.82) is 5.26 Å². The summed E-state index contributed by atoms with van der Waals surface area (Å²) in [6.45, 7) is 4.15. The van der Waals surface area contributed by atoms with Gasteiger partial charge in [-0.15, -0.1) is 0 Å². The van der Waals surface area contributed by atoms with Crippen LogP contribution in [0.5, 0.6) is 5.75 Å². The highest BCUT2D eigenvalue weighted by Crippen LogP contribution is 2.19. The van der Waals surface area contributed by atoms with Crippen molar-refractivity contribution in [3.63, 3.8) is 0 Å². The van der Waals surface area contributed by atoms with E-state index in [1.165, 1.54) is 23.1 Å². The van der Waals surface area contributed by atoms with Gasteiger partial charge in [-0.3, -0.25) is 14.9 Å². The van der Waals surface area contributed by atoms with Crippen LogP contribution in [-0.2, 0) is 4.79 Å². The predicted molar refractivity (Wildman–Crippen MR) is 75.6 cm³/mol. The highest BCUT2D eigenvalue weighted by atomic mass is 16.6. The van der Waals surface area contributed by atoms with E-state index in [0.717, 1.165) is 0 Å². The first-order chi connectivity index (χ1) is 9.97. The molecule has 1 unspecified atom stereocenters. The summed E-state index contributed by atoms with van der Waals surface area (Å²) in [7, 11) is 0. The molecule has 112 valence electrons. The monoisotopic (exact) mass is 291 g/mol. The van der Waals surface area contributed by atoms with Gasteiger partial charge in [-0.25, -0.2) is 0 Å². The Kier molecular flexibility index (Phi) is 6.14. The van der Waals surface area contributed by atoms with Crippen LogP contribution in [0.1, 0.15) is 13.8 Å². The van der Waals surface area contributed by atoms with Gasteiger partial charge in [0.05, 0.1) is 23.0 Å². The number of rotatable bonds is 7. The highest BCUT2D eigenvalue weighted by molar-refractivity contribution is 5.77. The standard InChI is InChI=1S/C14H17N3O4/c1-3-16(9-11(2)8-15)14(18)10-21-13-6-4-5-12(7-13)17(19)20/h4-7,11H,3,9-10H2,1-2H3. The van der Waals surface area contributed by atoms with Crippen molar-refractivity contribution in [2.75, 3.05) is 19.7 Å². The molecule has 0 heterocycles. The summed E-state index contributed by atoms with van der Waals surface area (Å²) in [6, 6.07) is 7.73. The Morgan fingerprint density at radius 1 is 1.57 bits per heavy atom. The summed E-state index contributed by atoms with van der Waals surface area (Å²) in [5.41, 5.74) is -0.0922. The van der Waals surface area contributed by atoms with Crippen molar-refractivity contribution >= 4 is 11.6 Å². The van der Waals surface area contributed by atoms with Crippen molar-refractivity contribution < 1.29 is 14.5 Å². The van der Waals surface area contributed by atoms with Crippen molar-refractivity contribution in [2.45, 2.75) is 13.8 Å². The summed E-state index contributed by atoms with van der Waals surface area (Å²) in [5.74, 6) is -0.250. The van der Waals surface area contributed by atoms with Crippen LogP contribution < -0.4 is 4.74 Å². The second-order valence-corrected chi connectivity index (χ2v) is 4.51. The molecule has 21 heavy (non-hydrogen) atoms. The normalized spacial score (nSPS) is 11.3. The maximum absolute atomic E-state index is 12.0. The lowest BCUT2D eigenvalue weighted by molar-refractivity contribution is -0.384. The van der Waals surface area contributed by atoms with Gasteiger partial charge in [0.1, 0.15) is 5.75 Å². The number of carbonyl (C=O) groups excluding carboxylic acids is 1. The molecular formula is C14H17N3O4. The van der Waals surface area contributed by atoms with Crippen LogP contribution >= 0.6 is 0 Å². The lowest BCUT2D eigenvalue weighted by atomic mass is 10.2. The number of nitrogens with zero attached hydrogens (tertiary/aromatic N) is 3. The van der Waals surface area contributed by atoms with Gasteiger partial charge in [-0.2, -0.15) is 5.26 Å². The van der Waals surface area contributed by atoms with E-state index in [4.69, 9.17) is 10.00 Å². The molecule has 0 aliphatic rings. The first-order valence-electron chi connectivity index (χ1n) is 6.52. The lowest BCUT2D eigenvalue weighted by Gasteiger charge is -2.21. The molecule has 0 fully saturated rings. The zero-order valence-corrected chi connectivity index (χ0v) is 12.0. The van der Waals surface area contributed by atoms with E-state index >= 15 is 0 Å². The number of hydrogen-bond donors (Lipinski definition) is 0. The fourth-order valence-electron chi connectivity index (χ4n) is 1.70. The Bertz CT molecular complexity index is 553. The zero-order chi connectivity index (χ0) is 15.8. The maximum atomic E-state index is 12.0. The van der Waals surface area contributed by atoms with E-state index in [0.29, 0.717) is 13.1 Å². The first kappa shape index (κ1) is 16.4. The quantitative estimate of drug-likeness (QED) is 0.565. The molecule has 0 radical (unpaired) electrons. The zero-order valence-electron chi connectivity index (χ0n) is 12.0. The molecule has 1 aromatic carbocycles. The third-order valence-electron chi connectivity index (χ3n) is 2.84. The number of nitro groups is 1. The number of carbonyl (C=O) groups is 1.